The number of rotatable bonds is 7. The summed E-state index contributed by atoms with van der Waals surface area (Å²) in [4.78, 5) is 35.3. The van der Waals surface area contributed by atoms with Crippen LogP contribution in [0.5, 0.6) is 5.75 Å². The van der Waals surface area contributed by atoms with E-state index >= 15 is 0 Å². The monoisotopic (exact) mass is 610 g/mol. The quantitative estimate of drug-likeness (QED) is 0.287. The molecule has 0 aliphatic carbocycles. The molecule has 1 fully saturated rings. The SMILES string of the molecule is COc1ccc(F)cc1C(C(=O)Nc1nccs1)N1Cc2ccc(C#Cc3ccc(CN4CCC(O)CC4)cc3)cc2C1=O. The molecule has 8 nitrogen and oxygen atoms in total. The molecule has 0 radical (unpaired) electrons. The van der Waals surface area contributed by atoms with Gasteiger partial charge >= 0.3 is 0 Å². The van der Waals surface area contributed by atoms with E-state index in [1.807, 2.05) is 24.3 Å². The molecule has 2 amide bonds. The van der Waals surface area contributed by atoms with E-state index in [0.717, 1.165) is 43.6 Å². The Balaban J connectivity index is 1.21. The molecule has 0 saturated carbocycles. The largest absolute Gasteiger partial charge is 0.496 e. The van der Waals surface area contributed by atoms with Crippen LogP contribution in [0.15, 0.2) is 72.2 Å². The number of methoxy groups -OCH3 is 1. The van der Waals surface area contributed by atoms with Gasteiger partial charge in [-0.2, -0.15) is 0 Å². The zero-order valence-corrected chi connectivity index (χ0v) is 24.9. The first-order chi connectivity index (χ1) is 21.4. The van der Waals surface area contributed by atoms with Gasteiger partial charge in [-0.05, 0) is 66.4 Å². The number of aliphatic hydroxyl groups excluding tert-OH is 1. The molecule has 44 heavy (non-hydrogen) atoms. The number of fused-ring (bicyclic) bond motifs is 1. The second-order valence-electron chi connectivity index (χ2n) is 10.9. The number of ether oxygens (including phenoxy) is 1. The third kappa shape index (κ3) is 6.50. The van der Waals surface area contributed by atoms with Crippen LogP contribution in [0, 0.1) is 17.7 Å². The van der Waals surface area contributed by atoms with Crippen molar-refractivity contribution in [2.45, 2.75) is 38.1 Å². The number of carbonyl (C=O) groups is 2. The number of amides is 2. The third-order valence-corrected chi connectivity index (χ3v) is 8.61. The fraction of sp³-hybridized carbons (Fsp3) is 0.265. The molecule has 0 spiro atoms. The minimum absolute atomic E-state index is 0.162. The summed E-state index contributed by atoms with van der Waals surface area (Å²) in [7, 11) is 1.44. The molecule has 224 valence electrons. The van der Waals surface area contributed by atoms with Crippen LogP contribution in [0.2, 0.25) is 0 Å². The Labute approximate surface area is 259 Å². The van der Waals surface area contributed by atoms with Gasteiger partial charge in [0.1, 0.15) is 17.6 Å². The molecule has 2 N–H and O–H groups in total. The first-order valence-electron chi connectivity index (χ1n) is 14.4. The molecule has 2 aliphatic heterocycles. The van der Waals surface area contributed by atoms with Crippen LogP contribution in [0.3, 0.4) is 0 Å². The highest BCUT2D eigenvalue weighted by molar-refractivity contribution is 7.13. The number of hydrogen-bond acceptors (Lipinski definition) is 7. The molecule has 1 aromatic heterocycles. The standard InChI is InChI=1S/C34H31FN4O4S/c1-43-30-11-10-26(35)19-29(30)31(32(41)37-34-36-14-17-44-34)39-21-25-9-8-23(18-28(25)33(39)42)5-2-22-3-6-24(7-4-22)20-38-15-12-27(40)13-16-38/h3-4,6-11,14,17-19,27,31,40H,12-13,15-16,20-21H2,1H3,(H,36,37,41). The summed E-state index contributed by atoms with van der Waals surface area (Å²) < 4.78 is 19.9. The average Bonchev–Trinajstić information content (AvgIpc) is 3.66. The molecular formula is C34H31FN4O4S. The zero-order chi connectivity index (χ0) is 30.6. The molecule has 3 heterocycles. The third-order valence-electron chi connectivity index (χ3n) is 7.92. The van der Waals surface area contributed by atoms with E-state index in [0.29, 0.717) is 22.0 Å². The molecule has 10 heteroatoms. The van der Waals surface area contributed by atoms with Crippen molar-refractivity contribution >= 4 is 28.3 Å². The fourth-order valence-corrected chi connectivity index (χ4v) is 6.14. The van der Waals surface area contributed by atoms with Crippen molar-refractivity contribution in [1.82, 2.24) is 14.8 Å². The summed E-state index contributed by atoms with van der Waals surface area (Å²) in [6.45, 7) is 2.79. The van der Waals surface area contributed by atoms with Gasteiger partial charge in [0.2, 0.25) is 0 Å². The first kappa shape index (κ1) is 29.5. The van der Waals surface area contributed by atoms with Gasteiger partial charge in [0.15, 0.2) is 5.13 Å². The van der Waals surface area contributed by atoms with Crippen LogP contribution in [0.4, 0.5) is 9.52 Å². The van der Waals surface area contributed by atoms with Gasteiger partial charge < -0.3 is 14.7 Å². The van der Waals surface area contributed by atoms with Gasteiger partial charge in [-0.1, -0.05) is 30.0 Å². The molecule has 4 aromatic rings. The van der Waals surface area contributed by atoms with Crippen molar-refractivity contribution in [2.75, 3.05) is 25.5 Å². The van der Waals surface area contributed by atoms with E-state index < -0.39 is 17.8 Å². The lowest BCUT2D eigenvalue weighted by Crippen LogP contribution is -2.37. The van der Waals surface area contributed by atoms with Gasteiger partial charge in [-0.15, -0.1) is 11.3 Å². The van der Waals surface area contributed by atoms with Gasteiger partial charge in [0, 0.05) is 60.0 Å². The van der Waals surface area contributed by atoms with E-state index in [1.165, 1.54) is 47.1 Å². The highest BCUT2D eigenvalue weighted by Crippen LogP contribution is 2.37. The van der Waals surface area contributed by atoms with Gasteiger partial charge in [-0.3, -0.25) is 19.8 Å². The number of anilines is 1. The van der Waals surface area contributed by atoms with Crippen LogP contribution in [0.1, 0.15) is 57.1 Å². The topological polar surface area (TPSA) is 95.0 Å². The predicted octanol–water partition coefficient (Wildman–Crippen LogP) is 4.98. The Kier molecular flexibility index (Phi) is 8.70. The maximum atomic E-state index is 14.4. The second-order valence-corrected chi connectivity index (χ2v) is 11.8. The number of hydrogen-bond donors (Lipinski definition) is 2. The molecular weight excluding hydrogens is 579 g/mol. The van der Waals surface area contributed by atoms with E-state index in [9.17, 15) is 19.1 Å². The van der Waals surface area contributed by atoms with Gasteiger partial charge in [0.05, 0.1) is 13.2 Å². The van der Waals surface area contributed by atoms with Crippen molar-refractivity contribution < 1.29 is 23.8 Å². The van der Waals surface area contributed by atoms with Crippen LogP contribution in [0.25, 0.3) is 0 Å². The number of nitrogens with one attached hydrogen (secondary N) is 1. The van der Waals surface area contributed by atoms with E-state index in [4.69, 9.17) is 4.74 Å². The lowest BCUT2D eigenvalue weighted by atomic mass is 10.0. The minimum atomic E-state index is -1.16. The number of nitrogens with zero attached hydrogens (tertiary/aromatic N) is 3. The van der Waals surface area contributed by atoms with Crippen molar-refractivity contribution in [1.29, 1.82) is 0 Å². The van der Waals surface area contributed by atoms with E-state index in [1.54, 1.807) is 17.6 Å². The summed E-state index contributed by atoms with van der Waals surface area (Å²) in [5.41, 5.74) is 4.15. The number of likely N-dealkylation sites (tertiary alicyclic amines) is 1. The van der Waals surface area contributed by atoms with Crippen molar-refractivity contribution in [3.8, 4) is 17.6 Å². The van der Waals surface area contributed by atoms with E-state index in [2.05, 4.69) is 39.2 Å². The van der Waals surface area contributed by atoms with Crippen LogP contribution in [-0.2, 0) is 17.9 Å². The maximum absolute atomic E-state index is 14.4. The summed E-state index contributed by atoms with van der Waals surface area (Å²) in [5, 5.41) is 14.6. The predicted molar refractivity (Wildman–Crippen MR) is 166 cm³/mol. The first-order valence-corrected chi connectivity index (χ1v) is 15.2. The normalized spacial score (nSPS) is 15.8. The maximum Gasteiger partial charge on any atom is 0.255 e. The highest BCUT2D eigenvalue weighted by Gasteiger charge is 2.39. The number of carbonyl (C=O) groups excluding carboxylic acids is 2. The summed E-state index contributed by atoms with van der Waals surface area (Å²) >= 11 is 1.24. The molecule has 6 rings (SSSR count). The van der Waals surface area contributed by atoms with Crippen LogP contribution >= 0.6 is 11.3 Å². The second kappa shape index (κ2) is 13.0. The Morgan fingerprint density at radius 1 is 1.11 bits per heavy atom. The Morgan fingerprint density at radius 2 is 1.86 bits per heavy atom. The Bertz CT molecular complexity index is 1720. The number of halogens is 1. The lowest BCUT2D eigenvalue weighted by molar-refractivity contribution is -0.120. The number of thiazole rings is 1. The summed E-state index contributed by atoms with van der Waals surface area (Å²) in [6, 6.07) is 16.3. The fourth-order valence-electron chi connectivity index (χ4n) is 5.61. The molecule has 0 bridgehead atoms. The average molecular weight is 611 g/mol. The number of benzene rings is 3. The van der Waals surface area contributed by atoms with Crippen molar-refractivity contribution in [3.63, 3.8) is 0 Å². The highest BCUT2D eigenvalue weighted by atomic mass is 32.1. The lowest BCUT2D eigenvalue weighted by Gasteiger charge is -2.29. The summed E-state index contributed by atoms with van der Waals surface area (Å²) in [5.74, 6) is 5.20. The Hall–Kier alpha value is -4.56. The van der Waals surface area contributed by atoms with Gasteiger partial charge in [0.25, 0.3) is 11.8 Å². The zero-order valence-electron chi connectivity index (χ0n) is 24.1. The smallest absolute Gasteiger partial charge is 0.255 e. The number of aliphatic hydroxyl groups is 1. The molecule has 1 saturated heterocycles. The molecule has 1 atom stereocenters. The van der Waals surface area contributed by atoms with E-state index in [-0.39, 0.29) is 24.1 Å². The Morgan fingerprint density at radius 3 is 2.59 bits per heavy atom. The molecule has 2 aliphatic rings. The number of aromatic nitrogens is 1. The molecule has 1 unspecified atom stereocenters. The number of piperidine rings is 1. The van der Waals surface area contributed by atoms with Crippen LogP contribution in [-0.4, -0.2) is 58.0 Å². The van der Waals surface area contributed by atoms with Crippen molar-refractivity contribution in [2.24, 2.45) is 0 Å². The molecule has 3 aromatic carbocycles. The summed E-state index contributed by atoms with van der Waals surface area (Å²) in [6.07, 6.45) is 3.00. The van der Waals surface area contributed by atoms with Crippen LogP contribution < -0.4 is 10.1 Å². The van der Waals surface area contributed by atoms with Gasteiger partial charge in [-0.25, -0.2) is 9.37 Å². The minimum Gasteiger partial charge on any atom is -0.496 e. The van der Waals surface area contributed by atoms with Crippen molar-refractivity contribution in [3.05, 3.63) is 111 Å².